The van der Waals surface area contributed by atoms with E-state index in [0.29, 0.717) is 18.9 Å². The Balaban J connectivity index is 2.13. The largest absolute Gasteiger partial charge is 0.488 e. The molecule has 2 rings (SSSR count). The summed E-state index contributed by atoms with van der Waals surface area (Å²) >= 11 is 0. The first-order chi connectivity index (χ1) is 9.31. The molecule has 1 heterocycles. The van der Waals surface area contributed by atoms with Gasteiger partial charge in [-0.25, -0.2) is 0 Å². The van der Waals surface area contributed by atoms with Crippen molar-refractivity contribution in [2.75, 3.05) is 6.61 Å². The van der Waals surface area contributed by atoms with E-state index in [2.05, 4.69) is 6.92 Å². The van der Waals surface area contributed by atoms with E-state index in [1.165, 1.54) is 0 Å². The second-order valence-corrected chi connectivity index (χ2v) is 4.49. The maximum Gasteiger partial charge on any atom is 0.293 e. The van der Waals surface area contributed by atoms with Crippen LogP contribution < -0.4 is 10.3 Å². The van der Waals surface area contributed by atoms with Crippen LogP contribution in [0.2, 0.25) is 0 Å². The zero-order chi connectivity index (χ0) is 13.5. The van der Waals surface area contributed by atoms with Crippen LogP contribution in [0.25, 0.3) is 0 Å². The molecular formula is C16H19NO2. The lowest BCUT2D eigenvalue weighted by atomic mass is 10.2. The fraction of sp³-hybridized carbons (Fsp3) is 0.312. The molecule has 3 heteroatoms. The number of hydrogen-bond donors (Lipinski definition) is 0. The lowest BCUT2D eigenvalue weighted by Gasteiger charge is -2.09. The summed E-state index contributed by atoms with van der Waals surface area (Å²) in [6, 6.07) is 13.5. The number of unbranched alkanes of at least 4 members (excludes halogenated alkanes) is 1. The van der Waals surface area contributed by atoms with Crippen molar-refractivity contribution in [2.24, 2.45) is 0 Å². The molecule has 0 radical (unpaired) electrons. The Labute approximate surface area is 113 Å². The third-order valence-electron chi connectivity index (χ3n) is 2.94. The van der Waals surface area contributed by atoms with Gasteiger partial charge in [-0.1, -0.05) is 43.7 Å². The molecule has 0 aliphatic rings. The molecule has 0 unspecified atom stereocenters. The number of hydrogen-bond acceptors (Lipinski definition) is 2. The Morgan fingerprint density at radius 1 is 1.11 bits per heavy atom. The van der Waals surface area contributed by atoms with Gasteiger partial charge in [-0.2, -0.15) is 0 Å². The summed E-state index contributed by atoms with van der Waals surface area (Å²) in [5.41, 5.74) is 1.04. The first kappa shape index (κ1) is 13.4. The molecule has 0 fully saturated rings. The predicted octanol–water partition coefficient (Wildman–Crippen LogP) is 3.08. The van der Waals surface area contributed by atoms with Gasteiger partial charge in [-0.3, -0.25) is 4.79 Å². The van der Waals surface area contributed by atoms with Crippen LogP contribution in [-0.4, -0.2) is 11.2 Å². The third-order valence-corrected chi connectivity index (χ3v) is 2.94. The average Bonchev–Trinajstić information content (AvgIpc) is 2.44. The summed E-state index contributed by atoms with van der Waals surface area (Å²) in [5, 5.41) is 0. The smallest absolute Gasteiger partial charge is 0.293 e. The lowest BCUT2D eigenvalue weighted by molar-refractivity contribution is 0.303. The van der Waals surface area contributed by atoms with Crippen molar-refractivity contribution < 1.29 is 4.74 Å². The molecule has 100 valence electrons. The minimum atomic E-state index is -0.0672. The summed E-state index contributed by atoms with van der Waals surface area (Å²) in [6.07, 6.45) is 3.82. The van der Waals surface area contributed by atoms with Gasteiger partial charge in [-0.15, -0.1) is 0 Å². The molecule has 0 saturated carbocycles. The molecule has 0 N–H and O–H groups in total. The van der Waals surface area contributed by atoms with E-state index in [1.54, 1.807) is 16.8 Å². The molecule has 19 heavy (non-hydrogen) atoms. The Hall–Kier alpha value is -2.03. The number of aromatic nitrogens is 1. The first-order valence-corrected chi connectivity index (χ1v) is 6.67. The van der Waals surface area contributed by atoms with Crippen molar-refractivity contribution >= 4 is 0 Å². The van der Waals surface area contributed by atoms with Gasteiger partial charge in [0.25, 0.3) is 5.56 Å². The van der Waals surface area contributed by atoms with Crippen LogP contribution >= 0.6 is 0 Å². The Bertz CT molecular complexity index is 560. The van der Waals surface area contributed by atoms with Gasteiger partial charge < -0.3 is 9.30 Å². The van der Waals surface area contributed by atoms with Gasteiger partial charge in [0, 0.05) is 6.20 Å². The quantitative estimate of drug-likeness (QED) is 0.745. The van der Waals surface area contributed by atoms with Gasteiger partial charge in [0.15, 0.2) is 5.75 Å². The second-order valence-electron chi connectivity index (χ2n) is 4.49. The van der Waals surface area contributed by atoms with Gasteiger partial charge >= 0.3 is 0 Å². The fourth-order valence-corrected chi connectivity index (χ4v) is 1.86. The molecule has 0 aliphatic heterocycles. The Morgan fingerprint density at radius 2 is 1.89 bits per heavy atom. The van der Waals surface area contributed by atoms with E-state index in [-0.39, 0.29) is 5.56 Å². The summed E-state index contributed by atoms with van der Waals surface area (Å²) in [4.78, 5) is 12.2. The van der Waals surface area contributed by atoms with Crippen LogP contribution in [0.5, 0.6) is 5.75 Å². The molecule has 0 aliphatic carbocycles. The van der Waals surface area contributed by atoms with Crippen LogP contribution in [0.3, 0.4) is 0 Å². The molecule has 1 aromatic heterocycles. The highest BCUT2D eigenvalue weighted by Gasteiger charge is 2.04. The van der Waals surface area contributed by atoms with Crippen LogP contribution in [0, 0.1) is 0 Å². The van der Waals surface area contributed by atoms with Crippen LogP contribution in [0.4, 0.5) is 0 Å². The second kappa shape index (κ2) is 6.78. The molecule has 0 saturated heterocycles. The van der Waals surface area contributed by atoms with E-state index in [9.17, 15) is 4.79 Å². The number of nitrogens with zero attached hydrogens (tertiary/aromatic N) is 1. The minimum Gasteiger partial charge on any atom is -0.488 e. The zero-order valence-corrected chi connectivity index (χ0v) is 11.2. The van der Waals surface area contributed by atoms with Crippen molar-refractivity contribution in [3.05, 3.63) is 64.6 Å². The first-order valence-electron chi connectivity index (χ1n) is 6.67. The van der Waals surface area contributed by atoms with E-state index in [0.717, 1.165) is 18.4 Å². The van der Waals surface area contributed by atoms with Crippen molar-refractivity contribution in [3.8, 4) is 5.75 Å². The summed E-state index contributed by atoms with van der Waals surface area (Å²) in [6.45, 7) is 3.27. The Morgan fingerprint density at radius 3 is 2.63 bits per heavy atom. The number of ether oxygens (including phenoxy) is 1. The SMILES string of the molecule is CCCCOc1cccn(Cc2ccccc2)c1=O. The van der Waals surface area contributed by atoms with Crippen molar-refractivity contribution in [1.29, 1.82) is 0 Å². The third kappa shape index (κ3) is 3.71. The highest BCUT2D eigenvalue weighted by Crippen LogP contribution is 2.06. The highest BCUT2D eigenvalue weighted by atomic mass is 16.5. The summed E-state index contributed by atoms with van der Waals surface area (Å²) < 4.78 is 7.20. The fourth-order valence-electron chi connectivity index (χ4n) is 1.86. The van der Waals surface area contributed by atoms with Gasteiger partial charge in [0.1, 0.15) is 0 Å². The zero-order valence-electron chi connectivity index (χ0n) is 11.2. The summed E-state index contributed by atoms with van der Waals surface area (Å²) in [5.74, 6) is 0.437. The highest BCUT2D eigenvalue weighted by molar-refractivity contribution is 5.20. The maximum absolute atomic E-state index is 12.2. The molecule has 2 aromatic rings. The molecule has 0 spiro atoms. The van der Waals surface area contributed by atoms with E-state index in [4.69, 9.17) is 4.74 Å². The minimum absolute atomic E-state index is 0.0672. The normalized spacial score (nSPS) is 10.4. The van der Waals surface area contributed by atoms with Gasteiger partial charge in [0.2, 0.25) is 0 Å². The number of rotatable bonds is 6. The van der Waals surface area contributed by atoms with Crippen LogP contribution in [-0.2, 0) is 6.54 Å². The topological polar surface area (TPSA) is 31.2 Å². The molecule has 0 atom stereocenters. The molecular weight excluding hydrogens is 238 g/mol. The van der Waals surface area contributed by atoms with Gasteiger partial charge in [0.05, 0.1) is 13.2 Å². The summed E-state index contributed by atoms with van der Waals surface area (Å²) in [7, 11) is 0. The number of benzene rings is 1. The average molecular weight is 257 g/mol. The van der Waals surface area contributed by atoms with Crippen LogP contribution in [0.15, 0.2) is 53.5 Å². The van der Waals surface area contributed by atoms with E-state index < -0.39 is 0 Å². The monoisotopic (exact) mass is 257 g/mol. The van der Waals surface area contributed by atoms with Crippen molar-refractivity contribution in [1.82, 2.24) is 4.57 Å². The molecule has 3 nitrogen and oxygen atoms in total. The van der Waals surface area contributed by atoms with Crippen molar-refractivity contribution in [2.45, 2.75) is 26.3 Å². The van der Waals surface area contributed by atoms with Gasteiger partial charge in [-0.05, 0) is 24.1 Å². The predicted molar refractivity (Wildman–Crippen MR) is 76.6 cm³/mol. The maximum atomic E-state index is 12.2. The standard InChI is InChI=1S/C16H19NO2/c1-2-3-12-19-15-10-7-11-17(16(15)18)13-14-8-5-4-6-9-14/h4-11H,2-3,12-13H2,1H3. The molecule has 1 aromatic carbocycles. The Kier molecular flexibility index (Phi) is 4.78. The number of pyridine rings is 1. The molecule has 0 bridgehead atoms. The van der Waals surface area contributed by atoms with Crippen LogP contribution in [0.1, 0.15) is 25.3 Å². The molecule has 0 amide bonds. The lowest BCUT2D eigenvalue weighted by Crippen LogP contribution is -2.22. The van der Waals surface area contributed by atoms with E-state index in [1.807, 2.05) is 36.4 Å². The van der Waals surface area contributed by atoms with Crippen molar-refractivity contribution in [3.63, 3.8) is 0 Å². The van der Waals surface area contributed by atoms with E-state index >= 15 is 0 Å².